The van der Waals surface area contributed by atoms with Crippen molar-refractivity contribution in [1.29, 1.82) is 0 Å². The number of aliphatic hydroxyl groups is 1. The zero-order valence-electron chi connectivity index (χ0n) is 8.74. The molecule has 2 N–H and O–H groups in total. The predicted molar refractivity (Wildman–Crippen MR) is 57.3 cm³/mol. The molecule has 0 aliphatic carbocycles. The summed E-state index contributed by atoms with van der Waals surface area (Å²) in [4.78, 5) is 14.9. The van der Waals surface area contributed by atoms with Crippen LogP contribution < -0.4 is 5.32 Å². The maximum absolute atomic E-state index is 11.3. The molecule has 0 radical (unpaired) electrons. The molecule has 0 aliphatic heterocycles. The van der Waals surface area contributed by atoms with Crippen LogP contribution in [0.15, 0.2) is 28.6 Å². The molecule has 0 spiro atoms. The SMILES string of the molecule is C\C=N/C(O)=C\C(=C\CC)C(=O)NC. The van der Waals surface area contributed by atoms with E-state index in [2.05, 4.69) is 10.3 Å². The third-order valence-corrected chi connectivity index (χ3v) is 1.46. The monoisotopic (exact) mass is 196 g/mol. The highest BCUT2D eigenvalue weighted by molar-refractivity contribution is 5.96. The summed E-state index contributed by atoms with van der Waals surface area (Å²) in [5.74, 6) is -0.402. The number of likely N-dealkylation sites (N-methyl/N-ethyl adjacent to an activating group) is 1. The highest BCUT2D eigenvalue weighted by Gasteiger charge is 2.04. The maximum Gasteiger partial charge on any atom is 0.250 e. The molecule has 0 unspecified atom stereocenters. The van der Waals surface area contributed by atoms with Crippen LogP contribution in [0.3, 0.4) is 0 Å². The van der Waals surface area contributed by atoms with E-state index in [9.17, 15) is 9.90 Å². The van der Waals surface area contributed by atoms with Crippen molar-refractivity contribution < 1.29 is 9.90 Å². The first kappa shape index (κ1) is 12.4. The first-order chi connectivity index (χ1) is 6.65. The Bertz CT molecular complexity index is 278. The molecular weight excluding hydrogens is 180 g/mol. The molecule has 4 heteroatoms. The smallest absolute Gasteiger partial charge is 0.250 e. The highest BCUT2D eigenvalue weighted by atomic mass is 16.3. The molecular formula is C10H16N2O2. The number of hydrogen-bond donors (Lipinski definition) is 2. The van der Waals surface area contributed by atoms with E-state index in [1.165, 1.54) is 12.3 Å². The van der Waals surface area contributed by atoms with Crippen LogP contribution in [-0.2, 0) is 4.79 Å². The molecule has 0 aromatic rings. The number of nitrogens with zero attached hydrogens (tertiary/aromatic N) is 1. The van der Waals surface area contributed by atoms with Crippen LogP contribution in [0.25, 0.3) is 0 Å². The lowest BCUT2D eigenvalue weighted by molar-refractivity contribution is -0.116. The highest BCUT2D eigenvalue weighted by Crippen LogP contribution is 2.03. The van der Waals surface area contributed by atoms with Crippen LogP contribution in [0, 0.1) is 0 Å². The van der Waals surface area contributed by atoms with Crippen LogP contribution in [0.4, 0.5) is 0 Å². The summed E-state index contributed by atoms with van der Waals surface area (Å²) in [7, 11) is 1.54. The second-order valence-electron chi connectivity index (χ2n) is 2.54. The summed E-state index contributed by atoms with van der Waals surface area (Å²) in [5.41, 5.74) is 0.415. The zero-order valence-corrected chi connectivity index (χ0v) is 8.74. The van der Waals surface area contributed by atoms with Crippen LogP contribution >= 0.6 is 0 Å². The van der Waals surface area contributed by atoms with E-state index in [0.717, 1.165) is 6.42 Å². The lowest BCUT2D eigenvalue weighted by Crippen LogP contribution is -2.19. The molecule has 0 atom stereocenters. The fourth-order valence-corrected chi connectivity index (χ4v) is 0.890. The Morgan fingerprint density at radius 2 is 2.21 bits per heavy atom. The van der Waals surface area contributed by atoms with Crippen LogP contribution in [0.1, 0.15) is 20.3 Å². The molecule has 0 aromatic heterocycles. The van der Waals surface area contributed by atoms with E-state index in [4.69, 9.17) is 0 Å². The largest absolute Gasteiger partial charge is 0.493 e. The van der Waals surface area contributed by atoms with Crippen molar-refractivity contribution in [2.45, 2.75) is 20.3 Å². The Morgan fingerprint density at radius 3 is 2.64 bits per heavy atom. The Balaban J connectivity index is 4.78. The molecule has 0 saturated heterocycles. The second-order valence-corrected chi connectivity index (χ2v) is 2.54. The number of rotatable bonds is 4. The van der Waals surface area contributed by atoms with Gasteiger partial charge in [-0.2, -0.15) is 0 Å². The summed E-state index contributed by atoms with van der Waals surface area (Å²) >= 11 is 0. The van der Waals surface area contributed by atoms with Crippen LogP contribution in [0.5, 0.6) is 0 Å². The van der Waals surface area contributed by atoms with E-state index >= 15 is 0 Å². The molecule has 78 valence electrons. The summed E-state index contributed by atoms with van der Waals surface area (Å²) in [5, 5.41) is 11.7. The zero-order chi connectivity index (χ0) is 11.0. The normalized spacial score (nSPS) is 13.4. The van der Waals surface area contributed by atoms with Crippen molar-refractivity contribution in [3.63, 3.8) is 0 Å². The van der Waals surface area contributed by atoms with Gasteiger partial charge < -0.3 is 10.4 Å². The van der Waals surface area contributed by atoms with Gasteiger partial charge in [0.2, 0.25) is 5.88 Å². The molecule has 0 heterocycles. The Morgan fingerprint density at radius 1 is 1.57 bits per heavy atom. The van der Waals surface area contributed by atoms with Gasteiger partial charge in [-0.25, -0.2) is 4.99 Å². The van der Waals surface area contributed by atoms with E-state index in [1.54, 1.807) is 20.0 Å². The summed E-state index contributed by atoms with van der Waals surface area (Å²) in [6.07, 6.45) is 5.24. The van der Waals surface area contributed by atoms with Gasteiger partial charge in [0.1, 0.15) is 0 Å². The molecule has 0 rings (SSSR count). The van der Waals surface area contributed by atoms with Gasteiger partial charge in [0.05, 0.1) is 0 Å². The standard InChI is InChI=1S/C10H16N2O2/c1-4-6-8(10(14)11-3)7-9(13)12-5-2/h5-7,13H,4H2,1-3H3,(H,11,14)/b8-6-,9-7+,12-5-. The molecule has 14 heavy (non-hydrogen) atoms. The van der Waals surface area contributed by atoms with Gasteiger partial charge in [0.15, 0.2) is 0 Å². The minimum Gasteiger partial charge on any atom is -0.493 e. The Kier molecular flexibility index (Phi) is 6.11. The number of aliphatic imine (C=N–C) groups is 1. The summed E-state index contributed by atoms with van der Waals surface area (Å²) < 4.78 is 0. The van der Waals surface area contributed by atoms with Gasteiger partial charge in [0, 0.05) is 24.9 Å². The summed E-state index contributed by atoms with van der Waals surface area (Å²) in [6.45, 7) is 3.60. The van der Waals surface area contributed by atoms with E-state index in [-0.39, 0.29) is 11.8 Å². The average molecular weight is 196 g/mol. The number of hydrogen-bond acceptors (Lipinski definition) is 3. The third-order valence-electron chi connectivity index (χ3n) is 1.46. The lowest BCUT2D eigenvalue weighted by atomic mass is 10.2. The van der Waals surface area contributed by atoms with Crippen molar-refractivity contribution in [3.05, 3.63) is 23.6 Å². The van der Waals surface area contributed by atoms with Gasteiger partial charge in [-0.3, -0.25) is 4.79 Å². The van der Waals surface area contributed by atoms with Gasteiger partial charge in [-0.15, -0.1) is 0 Å². The Hall–Kier alpha value is -1.58. The first-order valence-corrected chi connectivity index (χ1v) is 4.47. The number of carbonyl (C=O) groups excluding carboxylic acids is 1. The molecule has 0 aliphatic rings. The first-order valence-electron chi connectivity index (χ1n) is 4.47. The van der Waals surface area contributed by atoms with Crippen molar-refractivity contribution in [2.24, 2.45) is 4.99 Å². The molecule has 0 fully saturated rings. The molecule has 0 aromatic carbocycles. The van der Waals surface area contributed by atoms with Crippen molar-refractivity contribution in [1.82, 2.24) is 5.32 Å². The van der Waals surface area contributed by atoms with Crippen molar-refractivity contribution in [3.8, 4) is 0 Å². The van der Waals surface area contributed by atoms with E-state index in [1.807, 2.05) is 6.92 Å². The molecule has 4 nitrogen and oxygen atoms in total. The summed E-state index contributed by atoms with van der Waals surface area (Å²) in [6, 6.07) is 0. The number of amides is 1. The fourth-order valence-electron chi connectivity index (χ4n) is 0.890. The molecule has 1 amide bonds. The minimum absolute atomic E-state index is 0.171. The fraction of sp³-hybridized carbons (Fsp3) is 0.400. The van der Waals surface area contributed by atoms with Crippen molar-refractivity contribution >= 4 is 12.1 Å². The van der Waals surface area contributed by atoms with Gasteiger partial charge in [-0.05, 0) is 13.3 Å². The lowest BCUT2D eigenvalue weighted by Gasteiger charge is -2.00. The maximum atomic E-state index is 11.3. The van der Waals surface area contributed by atoms with E-state index in [0.29, 0.717) is 5.57 Å². The molecule has 0 saturated carbocycles. The minimum atomic E-state index is -0.232. The Labute approximate surface area is 84.0 Å². The average Bonchev–Trinajstić information content (AvgIpc) is 2.16. The van der Waals surface area contributed by atoms with Crippen LogP contribution in [-0.4, -0.2) is 24.3 Å². The quantitative estimate of drug-likeness (QED) is 0.310. The number of nitrogens with one attached hydrogen (secondary N) is 1. The van der Waals surface area contributed by atoms with Gasteiger partial charge in [0.25, 0.3) is 5.91 Å². The van der Waals surface area contributed by atoms with E-state index < -0.39 is 0 Å². The molecule has 0 bridgehead atoms. The number of carbonyl (C=O) groups is 1. The predicted octanol–water partition coefficient (Wildman–Crippen LogP) is 1.56. The van der Waals surface area contributed by atoms with Gasteiger partial charge in [-0.1, -0.05) is 13.0 Å². The number of aliphatic hydroxyl groups excluding tert-OH is 1. The van der Waals surface area contributed by atoms with Gasteiger partial charge >= 0.3 is 0 Å². The van der Waals surface area contributed by atoms with Crippen molar-refractivity contribution in [2.75, 3.05) is 7.05 Å². The van der Waals surface area contributed by atoms with Crippen LogP contribution in [0.2, 0.25) is 0 Å². The third kappa shape index (κ3) is 4.45. The topological polar surface area (TPSA) is 61.7 Å². The second kappa shape index (κ2) is 6.88. The number of allylic oxidation sites excluding steroid dienone is 1.